The van der Waals surface area contributed by atoms with Crippen molar-refractivity contribution in [1.82, 2.24) is 0 Å². The molecule has 1 heterocycles. The topological polar surface area (TPSA) is 30.8 Å². The molecular formula is C7H13NO2. The highest BCUT2D eigenvalue weighted by molar-refractivity contribution is 5.68. The molecule has 0 radical (unpaired) electrons. The van der Waals surface area contributed by atoms with Crippen molar-refractivity contribution >= 4 is 6.08 Å². The van der Waals surface area contributed by atoms with Gasteiger partial charge in [0.2, 0.25) is 0 Å². The van der Waals surface area contributed by atoms with E-state index in [1.807, 2.05) is 6.92 Å². The average molecular weight is 143 g/mol. The standard InChI is InChI=1S/C7H13NO2/c1-3-6-5-10-7(8-6)9-4-2/h6H,3-5H2,1-2H3. The monoisotopic (exact) mass is 143 g/mol. The van der Waals surface area contributed by atoms with Crippen LogP contribution in [0.1, 0.15) is 20.3 Å². The van der Waals surface area contributed by atoms with Crippen molar-refractivity contribution in [2.75, 3.05) is 13.2 Å². The predicted octanol–water partition coefficient (Wildman–Crippen LogP) is 1.19. The van der Waals surface area contributed by atoms with Crippen LogP contribution in [-0.2, 0) is 9.47 Å². The predicted molar refractivity (Wildman–Crippen MR) is 39.1 cm³/mol. The van der Waals surface area contributed by atoms with E-state index >= 15 is 0 Å². The molecule has 1 aliphatic rings. The number of hydrogen-bond donors (Lipinski definition) is 0. The van der Waals surface area contributed by atoms with Crippen molar-refractivity contribution in [3.05, 3.63) is 0 Å². The molecule has 0 saturated carbocycles. The van der Waals surface area contributed by atoms with E-state index in [0.29, 0.717) is 25.3 Å². The van der Waals surface area contributed by atoms with E-state index in [1.165, 1.54) is 0 Å². The lowest BCUT2D eigenvalue weighted by Gasteiger charge is -1.98. The molecule has 0 bridgehead atoms. The zero-order valence-electron chi connectivity index (χ0n) is 6.46. The normalized spacial score (nSPS) is 23.8. The minimum atomic E-state index is 0.321. The van der Waals surface area contributed by atoms with Gasteiger partial charge in [0.1, 0.15) is 6.61 Å². The maximum atomic E-state index is 5.12. The zero-order valence-corrected chi connectivity index (χ0v) is 6.46. The van der Waals surface area contributed by atoms with Crippen LogP contribution in [0.25, 0.3) is 0 Å². The fourth-order valence-corrected chi connectivity index (χ4v) is 0.803. The Bertz CT molecular complexity index is 134. The Morgan fingerprint density at radius 2 is 2.50 bits per heavy atom. The quantitative estimate of drug-likeness (QED) is 0.581. The van der Waals surface area contributed by atoms with Gasteiger partial charge in [-0.25, -0.2) is 4.99 Å². The number of hydrogen-bond acceptors (Lipinski definition) is 3. The second-order valence-electron chi connectivity index (χ2n) is 2.20. The fraction of sp³-hybridized carbons (Fsp3) is 0.857. The van der Waals surface area contributed by atoms with Crippen LogP contribution in [0, 0.1) is 0 Å². The average Bonchev–Trinajstić information content (AvgIpc) is 2.37. The Morgan fingerprint density at radius 3 is 3.00 bits per heavy atom. The van der Waals surface area contributed by atoms with Crippen LogP contribution < -0.4 is 0 Å². The van der Waals surface area contributed by atoms with Gasteiger partial charge in [-0.05, 0) is 13.3 Å². The van der Waals surface area contributed by atoms with Gasteiger partial charge in [0.15, 0.2) is 0 Å². The molecule has 1 rings (SSSR count). The molecule has 0 fully saturated rings. The largest absolute Gasteiger partial charge is 0.451 e. The Hall–Kier alpha value is -0.730. The first kappa shape index (κ1) is 7.38. The molecule has 3 nitrogen and oxygen atoms in total. The molecule has 10 heavy (non-hydrogen) atoms. The van der Waals surface area contributed by atoms with Crippen LogP contribution in [0.3, 0.4) is 0 Å². The van der Waals surface area contributed by atoms with Gasteiger partial charge < -0.3 is 9.47 Å². The molecule has 0 aliphatic carbocycles. The third-order valence-corrected chi connectivity index (χ3v) is 1.43. The highest BCUT2D eigenvalue weighted by atomic mass is 16.7. The molecule has 1 unspecified atom stereocenters. The van der Waals surface area contributed by atoms with Crippen molar-refractivity contribution in [3.63, 3.8) is 0 Å². The molecular weight excluding hydrogens is 130 g/mol. The van der Waals surface area contributed by atoms with Crippen LogP contribution in [-0.4, -0.2) is 25.3 Å². The Balaban J connectivity index is 2.33. The summed E-state index contributed by atoms with van der Waals surface area (Å²) in [5.74, 6) is 0. The van der Waals surface area contributed by atoms with E-state index in [4.69, 9.17) is 9.47 Å². The molecule has 0 saturated heterocycles. The summed E-state index contributed by atoms with van der Waals surface area (Å²) in [6.45, 7) is 5.33. The summed E-state index contributed by atoms with van der Waals surface area (Å²) >= 11 is 0. The van der Waals surface area contributed by atoms with Crippen LogP contribution >= 0.6 is 0 Å². The molecule has 0 amide bonds. The lowest BCUT2D eigenvalue weighted by atomic mass is 10.3. The Kier molecular flexibility index (Phi) is 2.54. The molecule has 1 aliphatic heterocycles. The third kappa shape index (κ3) is 1.62. The van der Waals surface area contributed by atoms with Crippen molar-refractivity contribution in [1.29, 1.82) is 0 Å². The lowest BCUT2D eigenvalue weighted by Crippen LogP contribution is -2.05. The van der Waals surface area contributed by atoms with E-state index in [1.54, 1.807) is 0 Å². The highest BCUT2D eigenvalue weighted by Crippen LogP contribution is 2.07. The van der Waals surface area contributed by atoms with Crippen molar-refractivity contribution < 1.29 is 9.47 Å². The van der Waals surface area contributed by atoms with Crippen molar-refractivity contribution in [2.24, 2.45) is 4.99 Å². The smallest absolute Gasteiger partial charge is 0.383 e. The number of nitrogens with zero attached hydrogens (tertiary/aromatic N) is 1. The molecule has 0 spiro atoms. The second kappa shape index (κ2) is 3.44. The summed E-state index contributed by atoms with van der Waals surface area (Å²) < 4.78 is 10.2. The number of aliphatic imine (C=N–C) groups is 1. The van der Waals surface area contributed by atoms with E-state index in [2.05, 4.69) is 11.9 Å². The summed E-state index contributed by atoms with van der Waals surface area (Å²) in [6.07, 6.45) is 1.49. The Labute approximate surface area is 61.0 Å². The first-order valence-electron chi connectivity index (χ1n) is 3.70. The molecule has 0 aromatic heterocycles. The van der Waals surface area contributed by atoms with Crippen molar-refractivity contribution in [2.45, 2.75) is 26.3 Å². The summed E-state index contributed by atoms with van der Waals surface area (Å²) in [6, 6.07) is 0.321. The van der Waals surface area contributed by atoms with Crippen LogP contribution in [0.2, 0.25) is 0 Å². The summed E-state index contributed by atoms with van der Waals surface area (Å²) in [7, 11) is 0. The van der Waals surface area contributed by atoms with E-state index < -0.39 is 0 Å². The van der Waals surface area contributed by atoms with Gasteiger partial charge in [0.25, 0.3) is 0 Å². The summed E-state index contributed by atoms with van der Waals surface area (Å²) in [5, 5.41) is 0. The first-order chi connectivity index (χ1) is 4.86. The van der Waals surface area contributed by atoms with Gasteiger partial charge in [0.05, 0.1) is 12.6 Å². The van der Waals surface area contributed by atoms with Gasteiger partial charge in [0, 0.05) is 0 Å². The van der Waals surface area contributed by atoms with E-state index in [0.717, 1.165) is 6.42 Å². The lowest BCUT2D eigenvalue weighted by molar-refractivity contribution is 0.192. The molecule has 0 aromatic rings. The van der Waals surface area contributed by atoms with Crippen molar-refractivity contribution in [3.8, 4) is 0 Å². The SMILES string of the molecule is CCOC1=NC(CC)CO1. The highest BCUT2D eigenvalue weighted by Gasteiger charge is 2.17. The van der Waals surface area contributed by atoms with Crippen LogP contribution in [0.15, 0.2) is 4.99 Å². The number of ether oxygens (including phenoxy) is 2. The van der Waals surface area contributed by atoms with Gasteiger partial charge in [-0.2, -0.15) is 0 Å². The summed E-state index contributed by atoms with van der Waals surface area (Å²) in [4.78, 5) is 4.17. The maximum Gasteiger partial charge on any atom is 0.383 e. The maximum absolute atomic E-state index is 5.12. The van der Waals surface area contributed by atoms with Crippen LogP contribution in [0.5, 0.6) is 0 Å². The minimum absolute atomic E-state index is 0.321. The number of rotatable bonds is 2. The Morgan fingerprint density at radius 1 is 1.70 bits per heavy atom. The molecule has 1 atom stereocenters. The van der Waals surface area contributed by atoms with Gasteiger partial charge >= 0.3 is 6.08 Å². The second-order valence-corrected chi connectivity index (χ2v) is 2.20. The third-order valence-electron chi connectivity index (χ3n) is 1.43. The molecule has 58 valence electrons. The van der Waals surface area contributed by atoms with Gasteiger partial charge in [-0.1, -0.05) is 6.92 Å². The first-order valence-corrected chi connectivity index (χ1v) is 3.70. The molecule has 0 aromatic carbocycles. The van der Waals surface area contributed by atoms with E-state index in [9.17, 15) is 0 Å². The molecule has 3 heteroatoms. The van der Waals surface area contributed by atoms with Gasteiger partial charge in [-0.3, -0.25) is 0 Å². The summed E-state index contributed by atoms with van der Waals surface area (Å²) in [5.41, 5.74) is 0. The fourth-order valence-electron chi connectivity index (χ4n) is 0.803. The van der Waals surface area contributed by atoms with Gasteiger partial charge in [-0.15, -0.1) is 0 Å². The minimum Gasteiger partial charge on any atom is -0.451 e. The zero-order chi connectivity index (χ0) is 7.40. The molecule has 0 N–H and O–H groups in total. The van der Waals surface area contributed by atoms with Crippen LogP contribution in [0.4, 0.5) is 0 Å². The van der Waals surface area contributed by atoms with E-state index in [-0.39, 0.29) is 0 Å².